The van der Waals surface area contributed by atoms with E-state index in [9.17, 15) is 4.39 Å². The molecular formula is C19H26FN7O. The van der Waals surface area contributed by atoms with Gasteiger partial charge in [-0.1, -0.05) is 6.92 Å². The predicted molar refractivity (Wildman–Crippen MR) is 106 cm³/mol. The first-order valence-corrected chi connectivity index (χ1v) is 9.85. The Bertz CT molecular complexity index is 795. The minimum Gasteiger partial charge on any atom is -0.375 e. The van der Waals surface area contributed by atoms with E-state index in [-0.39, 0.29) is 12.1 Å². The second-order valence-electron chi connectivity index (χ2n) is 7.25. The summed E-state index contributed by atoms with van der Waals surface area (Å²) in [4.78, 5) is 22.0. The van der Waals surface area contributed by atoms with Crippen LogP contribution in [0.1, 0.15) is 26.2 Å². The second kappa shape index (κ2) is 8.22. The van der Waals surface area contributed by atoms with Gasteiger partial charge in [0.05, 0.1) is 18.4 Å². The Hall–Kier alpha value is -2.55. The zero-order valence-corrected chi connectivity index (χ0v) is 16.1. The minimum atomic E-state index is -0.742. The van der Waals surface area contributed by atoms with E-state index in [1.165, 1.54) is 0 Å². The number of aromatic nitrogens is 4. The number of morpholine rings is 1. The van der Waals surface area contributed by atoms with E-state index in [0.29, 0.717) is 38.5 Å². The third kappa shape index (κ3) is 4.14. The van der Waals surface area contributed by atoms with Crippen molar-refractivity contribution >= 4 is 17.7 Å². The van der Waals surface area contributed by atoms with Gasteiger partial charge in [-0.3, -0.25) is 0 Å². The Morgan fingerprint density at radius 2 is 1.89 bits per heavy atom. The molecule has 2 saturated heterocycles. The first kappa shape index (κ1) is 18.8. The first-order chi connectivity index (χ1) is 13.6. The van der Waals surface area contributed by atoms with Crippen LogP contribution in [-0.4, -0.2) is 65.0 Å². The second-order valence-corrected chi connectivity index (χ2v) is 7.25. The summed E-state index contributed by atoms with van der Waals surface area (Å²) >= 11 is 0. The number of halogens is 1. The van der Waals surface area contributed by atoms with Gasteiger partial charge in [0, 0.05) is 50.2 Å². The Kier molecular flexibility index (Phi) is 5.52. The molecule has 4 heterocycles. The van der Waals surface area contributed by atoms with Crippen LogP contribution in [0.5, 0.6) is 0 Å². The van der Waals surface area contributed by atoms with Gasteiger partial charge in [-0.05, 0) is 19.3 Å². The van der Waals surface area contributed by atoms with Crippen molar-refractivity contribution in [3.63, 3.8) is 0 Å². The molecular weight excluding hydrogens is 361 g/mol. The SMILES string of the molecule is CC[C@H]1CN(c2cc(-c3cnc(N)nc3)nc(N3CCC(F)CC3)n2)CCO1. The third-order valence-corrected chi connectivity index (χ3v) is 5.29. The highest BCUT2D eigenvalue weighted by atomic mass is 19.1. The highest BCUT2D eigenvalue weighted by Crippen LogP contribution is 2.27. The van der Waals surface area contributed by atoms with Crippen LogP contribution in [0.25, 0.3) is 11.3 Å². The molecule has 2 aliphatic rings. The lowest BCUT2D eigenvalue weighted by Crippen LogP contribution is -2.43. The van der Waals surface area contributed by atoms with Gasteiger partial charge < -0.3 is 20.3 Å². The molecule has 28 heavy (non-hydrogen) atoms. The number of alkyl halides is 1. The van der Waals surface area contributed by atoms with E-state index >= 15 is 0 Å². The largest absolute Gasteiger partial charge is 0.375 e. The fourth-order valence-corrected chi connectivity index (χ4v) is 3.57. The van der Waals surface area contributed by atoms with E-state index < -0.39 is 6.17 Å². The van der Waals surface area contributed by atoms with Gasteiger partial charge in [0.15, 0.2) is 0 Å². The summed E-state index contributed by atoms with van der Waals surface area (Å²) in [5.41, 5.74) is 7.14. The molecule has 8 nitrogen and oxygen atoms in total. The molecule has 0 saturated carbocycles. The standard InChI is InChI=1S/C19H26FN7O/c1-2-15-12-27(7-8-28-15)17-9-16(13-10-22-18(21)23-11-13)24-19(25-17)26-5-3-14(20)4-6-26/h9-11,14-15H,2-8,12H2,1H3,(H2,21,22,23)/t15-/m0/s1. The average molecular weight is 387 g/mol. The minimum absolute atomic E-state index is 0.192. The summed E-state index contributed by atoms with van der Waals surface area (Å²) in [6.07, 6.45) is 4.75. The topological polar surface area (TPSA) is 93.3 Å². The van der Waals surface area contributed by atoms with E-state index in [1.54, 1.807) is 12.4 Å². The fourth-order valence-electron chi connectivity index (χ4n) is 3.57. The molecule has 0 unspecified atom stereocenters. The van der Waals surface area contributed by atoms with Crippen LogP contribution in [0.4, 0.5) is 22.1 Å². The van der Waals surface area contributed by atoms with Crippen molar-refractivity contribution in [2.45, 2.75) is 38.5 Å². The zero-order valence-electron chi connectivity index (χ0n) is 16.1. The van der Waals surface area contributed by atoms with Gasteiger partial charge in [0.25, 0.3) is 0 Å². The molecule has 2 N–H and O–H groups in total. The Morgan fingerprint density at radius 1 is 1.14 bits per heavy atom. The van der Waals surface area contributed by atoms with Crippen LogP contribution in [0.2, 0.25) is 0 Å². The Balaban J connectivity index is 1.69. The highest BCUT2D eigenvalue weighted by molar-refractivity contribution is 5.64. The van der Waals surface area contributed by atoms with Crippen molar-refractivity contribution in [3.05, 3.63) is 18.5 Å². The van der Waals surface area contributed by atoms with Crippen LogP contribution < -0.4 is 15.5 Å². The summed E-state index contributed by atoms with van der Waals surface area (Å²) in [7, 11) is 0. The van der Waals surface area contributed by atoms with Crippen molar-refractivity contribution in [2.24, 2.45) is 0 Å². The summed E-state index contributed by atoms with van der Waals surface area (Å²) in [6, 6.07) is 1.96. The molecule has 1 atom stereocenters. The Labute approximate surface area is 164 Å². The molecule has 0 spiro atoms. The van der Waals surface area contributed by atoms with Crippen molar-refractivity contribution in [3.8, 4) is 11.3 Å². The maximum absolute atomic E-state index is 13.6. The van der Waals surface area contributed by atoms with Crippen molar-refractivity contribution < 1.29 is 9.13 Å². The number of ether oxygens (including phenoxy) is 1. The number of hydrogen-bond acceptors (Lipinski definition) is 8. The molecule has 150 valence electrons. The zero-order chi connectivity index (χ0) is 19.5. The van der Waals surface area contributed by atoms with Crippen molar-refractivity contribution in [1.29, 1.82) is 0 Å². The van der Waals surface area contributed by atoms with E-state index in [4.69, 9.17) is 20.4 Å². The predicted octanol–water partition coefficient (Wildman–Crippen LogP) is 2.07. The van der Waals surface area contributed by atoms with Gasteiger partial charge in [-0.25, -0.2) is 19.3 Å². The average Bonchev–Trinajstić information content (AvgIpc) is 2.74. The number of nitrogens with zero attached hydrogens (tertiary/aromatic N) is 6. The van der Waals surface area contributed by atoms with Crippen LogP contribution in [0.3, 0.4) is 0 Å². The maximum Gasteiger partial charge on any atom is 0.227 e. The molecule has 2 fully saturated rings. The van der Waals surface area contributed by atoms with E-state index in [0.717, 1.165) is 36.6 Å². The van der Waals surface area contributed by atoms with Crippen LogP contribution in [0.15, 0.2) is 18.5 Å². The maximum atomic E-state index is 13.6. The molecule has 0 aliphatic carbocycles. The molecule has 2 aromatic heterocycles. The van der Waals surface area contributed by atoms with Crippen LogP contribution in [0, 0.1) is 0 Å². The van der Waals surface area contributed by atoms with Crippen molar-refractivity contribution in [1.82, 2.24) is 19.9 Å². The van der Waals surface area contributed by atoms with Crippen molar-refractivity contribution in [2.75, 3.05) is 48.3 Å². The molecule has 0 radical (unpaired) electrons. The summed E-state index contributed by atoms with van der Waals surface area (Å²) < 4.78 is 19.4. The number of rotatable bonds is 4. The fraction of sp³-hybridized carbons (Fsp3) is 0.579. The number of hydrogen-bond donors (Lipinski definition) is 1. The molecule has 2 aliphatic heterocycles. The Morgan fingerprint density at radius 3 is 2.61 bits per heavy atom. The smallest absolute Gasteiger partial charge is 0.227 e. The lowest BCUT2D eigenvalue weighted by Gasteiger charge is -2.34. The van der Waals surface area contributed by atoms with Crippen LogP contribution >= 0.6 is 0 Å². The van der Waals surface area contributed by atoms with Gasteiger partial charge in [0.1, 0.15) is 12.0 Å². The van der Waals surface area contributed by atoms with Gasteiger partial charge in [-0.2, -0.15) is 4.98 Å². The molecule has 0 aromatic carbocycles. The molecule has 9 heteroatoms. The lowest BCUT2D eigenvalue weighted by atomic mass is 10.1. The molecule has 0 bridgehead atoms. The monoisotopic (exact) mass is 387 g/mol. The number of nitrogens with two attached hydrogens (primary N) is 1. The van der Waals surface area contributed by atoms with Gasteiger partial charge in [-0.15, -0.1) is 0 Å². The number of piperidine rings is 1. The lowest BCUT2D eigenvalue weighted by molar-refractivity contribution is 0.0381. The summed E-state index contributed by atoms with van der Waals surface area (Å²) in [5, 5.41) is 0. The summed E-state index contributed by atoms with van der Waals surface area (Å²) in [6.45, 7) is 5.59. The third-order valence-electron chi connectivity index (χ3n) is 5.29. The highest BCUT2D eigenvalue weighted by Gasteiger charge is 2.25. The number of nitrogen functional groups attached to an aromatic ring is 1. The molecule has 4 rings (SSSR count). The first-order valence-electron chi connectivity index (χ1n) is 9.85. The van der Waals surface area contributed by atoms with E-state index in [1.807, 2.05) is 6.07 Å². The molecule has 0 amide bonds. The normalized spacial score (nSPS) is 21.1. The van der Waals surface area contributed by atoms with Crippen LogP contribution in [-0.2, 0) is 4.74 Å². The summed E-state index contributed by atoms with van der Waals surface area (Å²) in [5.74, 6) is 1.69. The van der Waals surface area contributed by atoms with Gasteiger partial charge >= 0.3 is 0 Å². The number of anilines is 3. The molecule has 2 aromatic rings. The van der Waals surface area contributed by atoms with E-state index in [2.05, 4.69) is 26.7 Å². The quantitative estimate of drug-likeness (QED) is 0.852. The van der Waals surface area contributed by atoms with Gasteiger partial charge in [0.2, 0.25) is 11.9 Å².